The Morgan fingerprint density at radius 1 is 1.04 bits per heavy atom. The van der Waals surface area contributed by atoms with E-state index in [1.165, 1.54) is 19.2 Å². The lowest BCUT2D eigenvalue weighted by atomic mass is 9.88. The predicted octanol–water partition coefficient (Wildman–Crippen LogP) is 2.37. The van der Waals surface area contributed by atoms with Crippen molar-refractivity contribution in [1.82, 2.24) is 14.3 Å². The number of nitrogens with zero attached hydrogens (tertiary/aromatic N) is 1. The number of aliphatic hydroxyl groups excluding tert-OH is 1. The van der Waals surface area contributed by atoms with Gasteiger partial charge in [-0.15, -0.1) is 0 Å². The largest absolute Gasteiger partial charge is 0.491 e. The minimum atomic E-state index is -3.69. The minimum absolute atomic E-state index is 0.0113. The molecule has 45 heavy (non-hydrogen) atoms. The second kappa shape index (κ2) is 13.9. The van der Waals surface area contributed by atoms with Gasteiger partial charge in [0.1, 0.15) is 18.5 Å². The van der Waals surface area contributed by atoms with Crippen LogP contribution < -0.4 is 20.5 Å². The molecule has 0 saturated carbocycles. The second-order valence-electron chi connectivity index (χ2n) is 11.7. The van der Waals surface area contributed by atoms with E-state index < -0.39 is 31.8 Å². The Bertz CT molecular complexity index is 1690. The van der Waals surface area contributed by atoms with Crippen molar-refractivity contribution < 1.29 is 31.4 Å². The van der Waals surface area contributed by atoms with E-state index in [0.29, 0.717) is 51.3 Å². The van der Waals surface area contributed by atoms with Crippen molar-refractivity contribution in [2.75, 3.05) is 39.9 Å². The van der Waals surface area contributed by atoms with Crippen LogP contribution in [0.25, 0.3) is 11.1 Å². The molecule has 5 N–H and O–H groups in total. The summed E-state index contributed by atoms with van der Waals surface area (Å²) in [5.74, 6) is 0.346. The van der Waals surface area contributed by atoms with E-state index in [2.05, 4.69) is 10.0 Å². The highest BCUT2D eigenvalue weighted by atomic mass is 32.2. The van der Waals surface area contributed by atoms with Gasteiger partial charge >= 0.3 is 0 Å². The molecule has 2 heterocycles. The number of sulfonamides is 2. The molecule has 11 nitrogen and oxygen atoms in total. The number of piperidine rings is 1. The van der Waals surface area contributed by atoms with Crippen LogP contribution in [0.15, 0.2) is 76.5 Å². The first-order valence-corrected chi connectivity index (χ1v) is 18.0. The van der Waals surface area contributed by atoms with Crippen LogP contribution in [-0.2, 0) is 31.3 Å². The molecule has 13 heteroatoms. The van der Waals surface area contributed by atoms with Crippen molar-refractivity contribution in [2.24, 2.45) is 5.73 Å². The summed E-state index contributed by atoms with van der Waals surface area (Å²) in [6.07, 6.45) is 1.06. The molecule has 2 aliphatic rings. The fourth-order valence-electron chi connectivity index (χ4n) is 5.90. The van der Waals surface area contributed by atoms with Gasteiger partial charge in [-0.25, -0.2) is 21.6 Å². The molecule has 0 radical (unpaired) electrons. The summed E-state index contributed by atoms with van der Waals surface area (Å²) < 4.78 is 67.0. The third kappa shape index (κ3) is 7.75. The molecule has 244 valence electrons. The number of benzene rings is 3. The summed E-state index contributed by atoms with van der Waals surface area (Å²) in [5.41, 5.74) is 9.16. The van der Waals surface area contributed by atoms with Gasteiger partial charge in [-0.3, -0.25) is 0 Å². The van der Waals surface area contributed by atoms with Crippen LogP contribution in [0, 0.1) is 6.92 Å². The lowest BCUT2D eigenvalue weighted by Gasteiger charge is -2.38. The Morgan fingerprint density at radius 3 is 2.47 bits per heavy atom. The number of nitrogens with one attached hydrogen (secondary N) is 2. The Balaban J connectivity index is 1.12. The molecule has 1 unspecified atom stereocenters. The van der Waals surface area contributed by atoms with Gasteiger partial charge in [0.2, 0.25) is 20.0 Å². The monoisotopic (exact) mass is 658 g/mol. The van der Waals surface area contributed by atoms with Crippen molar-refractivity contribution in [3.05, 3.63) is 77.9 Å². The number of aryl methyl sites for hydroxylation is 1. The van der Waals surface area contributed by atoms with E-state index >= 15 is 0 Å². The van der Waals surface area contributed by atoms with Gasteiger partial charge < -0.3 is 25.6 Å². The van der Waals surface area contributed by atoms with E-state index in [-0.39, 0.29) is 29.0 Å². The zero-order chi connectivity index (χ0) is 32.2. The van der Waals surface area contributed by atoms with Crippen molar-refractivity contribution >= 4 is 20.0 Å². The Morgan fingerprint density at radius 2 is 1.78 bits per heavy atom. The smallest absolute Gasteiger partial charge is 0.243 e. The lowest BCUT2D eigenvalue weighted by molar-refractivity contribution is -0.0312. The van der Waals surface area contributed by atoms with Crippen LogP contribution in [0.4, 0.5) is 0 Å². The Hall–Kier alpha value is -2.88. The first-order chi connectivity index (χ1) is 21.4. The van der Waals surface area contributed by atoms with Crippen LogP contribution in [0.3, 0.4) is 0 Å². The maximum Gasteiger partial charge on any atom is 0.243 e. The zero-order valence-electron chi connectivity index (χ0n) is 25.6. The van der Waals surface area contributed by atoms with Gasteiger partial charge in [-0.2, -0.15) is 4.31 Å². The number of ether oxygens (including phenoxy) is 2. The third-order valence-electron chi connectivity index (χ3n) is 8.66. The molecule has 3 aromatic rings. The second-order valence-corrected chi connectivity index (χ2v) is 15.6. The number of nitrogens with two attached hydrogens (primary N) is 1. The topological polar surface area (TPSA) is 160 Å². The molecule has 2 saturated heterocycles. The highest BCUT2D eigenvalue weighted by molar-refractivity contribution is 7.89. The maximum absolute atomic E-state index is 13.7. The van der Waals surface area contributed by atoms with E-state index in [9.17, 15) is 21.9 Å². The molecular formula is C32H42N4O7S2. The summed E-state index contributed by atoms with van der Waals surface area (Å²) in [5, 5.41) is 13.8. The third-order valence-corrected chi connectivity index (χ3v) is 12.0. The van der Waals surface area contributed by atoms with Gasteiger partial charge in [-0.05, 0) is 79.8 Å². The first kappa shape index (κ1) is 33.5. The fraction of sp³-hybridized carbons (Fsp3) is 0.438. The van der Waals surface area contributed by atoms with Crippen LogP contribution >= 0.6 is 0 Å². The van der Waals surface area contributed by atoms with Crippen molar-refractivity contribution in [3.8, 4) is 16.9 Å². The maximum atomic E-state index is 13.7. The van der Waals surface area contributed by atoms with Crippen LogP contribution in [-0.4, -0.2) is 83.9 Å². The van der Waals surface area contributed by atoms with Crippen LogP contribution in [0.2, 0.25) is 0 Å². The van der Waals surface area contributed by atoms with Crippen LogP contribution in [0.5, 0.6) is 5.75 Å². The van der Waals surface area contributed by atoms with Gasteiger partial charge in [-0.1, -0.05) is 36.4 Å². The standard InChI is InChI=1S/C32H42N4O7S2/c1-23-6-11-30(17-31(23)25-9-7-24(19-33)8-10-25)45(40,41)36-14-12-32(13-15-36)18-26(21-43-32)35-20-27(37)22-42-28-4-3-5-29(16-28)44(38,39)34-2/h3-11,16-17,26-27,34-35,37H,12-15,18-22,33H2,1-2H3/t26?,27-/m0/s1. The van der Waals surface area contributed by atoms with E-state index in [0.717, 1.165) is 22.3 Å². The molecule has 0 amide bonds. The normalized spacial score (nSPS) is 19.5. The predicted molar refractivity (Wildman–Crippen MR) is 172 cm³/mol. The number of aliphatic hydroxyl groups is 1. The molecule has 2 atom stereocenters. The lowest BCUT2D eigenvalue weighted by Crippen LogP contribution is -2.47. The number of hydrogen-bond acceptors (Lipinski definition) is 9. The quantitative estimate of drug-likeness (QED) is 0.229. The highest BCUT2D eigenvalue weighted by Crippen LogP contribution is 2.38. The molecule has 3 aromatic carbocycles. The fourth-order valence-corrected chi connectivity index (χ4v) is 8.14. The van der Waals surface area contributed by atoms with Gasteiger partial charge in [0.15, 0.2) is 0 Å². The SMILES string of the molecule is CNS(=O)(=O)c1cccc(OC[C@@H](O)CNC2COC3(CCN(S(=O)(=O)c4ccc(C)c(-c5ccc(CN)cc5)c4)CC3)C2)c1. The van der Waals surface area contributed by atoms with Gasteiger partial charge in [0.05, 0.1) is 22.0 Å². The summed E-state index contributed by atoms with van der Waals surface area (Å²) in [7, 11) is -5.94. The molecule has 5 rings (SSSR count). The first-order valence-electron chi connectivity index (χ1n) is 15.1. The van der Waals surface area contributed by atoms with Gasteiger partial charge in [0.25, 0.3) is 0 Å². The zero-order valence-corrected chi connectivity index (χ0v) is 27.2. The molecule has 0 aromatic heterocycles. The number of hydrogen-bond donors (Lipinski definition) is 4. The van der Waals surface area contributed by atoms with E-state index in [4.69, 9.17) is 15.2 Å². The Labute approximate surface area is 265 Å². The molecule has 2 fully saturated rings. The van der Waals surface area contributed by atoms with Crippen molar-refractivity contribution in [1.29, 1.82) is 0 Å². The molecule has 2 aliphatic heterocycles. The summed E-state index contributed by atoms with van der Waals surface area (Å²) in [6.45, 7) is 3.87. The molecular weight excluding hydrogens is 617 g/mol. The minimum Gasteiger partial charge on any atom is -0.491 e. The Kier molecular flexibility index (Phi) is 10.3. The van der Waals surface area contributed by atoms with E-state index in [1.807, 2.05) is 37.3 Å². The van der Waals surface area contributed by atoms with Crippen molar-refractivity contribution in [2.45, 2.75) is 60.3 Å². The highest BCUT2D eigenvalue weighted by Gasteiger charge is 2.44. The number of rotatable bonds is 12. The summed E-state index contributed by atoms with van der Waals surface area (Å²) in [4.78, 5) is 0.361. The average Bonchev–Trinajstić information content (AvgIpc) is 3.45. The van der Waals surface area contributed by atoms with E-state index in [1.54, 1.807) is 28.6 Å². The molecule has 0 bridgehead atoms. The molecule has 1 spiro atoms. The van der Waals surface area contributed by atoms with Crippen LogP contribution in [0.1, 0.15) is 30.4 Å². The molecule has 0 aliphatic carbocycles. The summed E-state index contributed by atoms with van der Waals surface area (Å²) >= 11 is 0. The summed E-state index contributed by atoms with van der Waals surface area (Å²) in [6, 6.07) is 19.2. The van der Waals surface area contributed by atoms with Gasteiger partial charge in [0, 0.05) is 38.3 Å². The van der Waals surface area contributed by atoms with Crippen molar-refractivity contribution in [3.63, 3.8) is 0 Å². The average molecular weight is 659 g/mol.